The Balaban J connectivity index is 1.80. The van der Waals surface area contributed by atoms with Crippen molar-refractivity contribution in [2.45, 2.75) is 16.0 Å². The highest BCUT2D eigenvalue weighted by Gasteiger charge is 2.31. The topological polar surface area (TPSA) is 92.3 Å². The number of anilines is 2. The highest BCUT2D eigenvalue weighted by molar-refractivity contribution is 7.93. The van der Waals surface area contributed by atoms with Gasteiger partial charge in [0.05, 0.1) is 15.4 Å². The Morgan fingerprint density at radius 1 is 0.600 bits per heavy atom. The predicted octanol–water partition coefficient (Wildman–Crippen LogP) is 4.31. The van der Waals surface area contributed by atoms with Gasteiger partial charge in [0, 0.05) is 11.4 Å². The van der Waals surface area contributed by atoms with E-state index in [0.29, 0.717) is 11.8 Å². The Morgan fingerprint density at radius 3 is 1.70 bits per heavy atom. The van der Waals surface area contributed by atoms with Crippen LogP contribution in [-0.2, 0) is 26.2 Å². The Kier molecular flexibility index (Phi) is 5.77. The maximum absolute atomic E-state index is 12.8. The molecule has 0 amide bonds. The van der Waals surface area contributed by atoms with Crippen LogP contribution in [0.4, 0.5) is 24.5 Å². The van der Waals surface area contributed by atoms with Crippen LogP contribution in [0.3, 0.4) is 0 Å². The first-order valence-electron chi connectivity index (χ1n) is 8.35. The van der Waals surface area contributed by atoms with Crippen LogP contribution in [0.15, 0.2) is 88.7 Å². The molecule has 0 bridgehead atoms. The van der Waals surface area contributed by atoms with Gasteiger partial charge in [-0.05, 0) is 54.6 Å². The fourth-order valence-electron chi connectivity index (χ4n) is 2.48. The lowest BCUT2D eigenvalue weighted by atomic mass is 10.2. The zero-order valence-electron chi connectivity index (χ0n) is 15.1. The van der Waals surface area contributed by atoms with E-state index < -0.39 is 36.7 Å². The molecule has 0 aliphatic carbocycles. The Labute approximate surface area is 171 Å². The van der Waals surface area contributed by atoms with Crippen molar-refractivity contribution >= 4 is 31.4 Å². The molecular weight excluding hydrogens is 441 g/mol. The lowest BCUT2D eigenvalue weighted by Gasteiger charge is -2.12. The number of hydrogen-bond donors (Lipinski definition) is 2. The summed E-state index contributed by atoms with van der Waals surface area (Å²) in [7, 11) is -8.21. The molecule has 0 aromatic heterocycles. The van der Waals surface area contributed by atoms with Gasteiger partial charge in [0.2, 0.25) is 0 Å². The lowest BCUT2D eigenvalue weighted by Crippen LogP contribution is -2.15. The summed E-state index contributed by atoms with van der Waals surface area (Å²) in [5.41, 5.74) is -0.753. The Bertz CT molecular complexity index is 1240. The lowest BCUT2D eigenvalue weighted by molar-refractivity contribution is -0.137. The minimum absolute atomic E-state index is 0.00827. The van der Waals surface area contributed by atoms with Crippen LogP contribution in [-0.4, -0.2) is 16.8 Å². The number of hydrogen-bond acceptors (Lipinski definition) is 4. The highest BCUT2D eigenvalue weighted by atomic mass is 32.2. The molecule has 0 saturated carbocycles. The molecule has 0 saturated heterocycles. The fourth-order valence-corrected chi connectivity index (χ4v) is 4.64. The van der Waals surface area contributed by atoms with Gasteiger partial charge in [0.15, 0.2) is 0 Å². The molecule has 158 valence electrons. The summed E-state index contributed by atoms with van der Waals surface area (Å²) in [4.78, 5) is -0.687. The molecule has 0 spiro atoms. The van der Waals surface area contributed by atoms with Crippen molar-refractivity contribution in [1.82, 2.24) is 0 Å². The SMILES string of the molecule is O=S(=O)(Nc1ccccc1)c1ccc(NS(=O)(=O)c2cccc(C(F)(F)F)c2)cc1. The summed E-state index contributed by atoms with van der Waals surface area (Å²) in [6.07, 6.45) is -4.69. The average Bonchev–Trinajstić information content (AvgIpc) is 2.68. The van der Waals surface area contributed by atoms with Crippen LogP contribution in [0.1, 0.15) is 5.56 Å². The van der Waals surface area contributed by atoms with Crippen LogP contribution in [0.2, 0.25) is 0 Å². The smallest absolute Gasteiger partial charge is 0.280 e. The van der Waals surface area contributed by atoms with E-state index in [0.717, 1.165) is 18.2 Å². The molecule has 0 radical (unpaired) electrons. The van der Waals surface area contributed by atoms with Crippen molar-refractivity contribution in [2.75, 3.05) is 9.44 Å². The standard InChI is InChI=1S/C19H15F3N2O4S2/c20-19(21,22)14-5-4-8-18(13-14)30(27,28)24-16-9-11-17(12-10-16)29(25,26)23-15-6-2-1-3-7-15/h1-13,23-24H. The van der Waals surface area contributed by atoms with Crippen molar-refractivity contribution in [3.05, 3.63) is 84.4 Å². The first-order chi connectivity index (χ1) is 14.0. The molecule has 3 aromatic carbocycles. The van der Waals surface area contributed by atoms with Gasteiger partial charge in [-0.3, -0.25) is 9.44 Å². The molecule has 3 rings (SSSR count). The van der Waals surface area contributed by atoms with Crippen LogP contribution in [0.5, 0.6) is 0 Å². The van der Waals surface area contributed by atoms with E-state index in [4.69, 9.17) is 0 Å². The molecule has 0 aliphatic heterocycles. The van der Waals surface area contributed by atoms with E-state index in [1.807, 2.05) is 0 Å². The molecule has 30 heavy (non-hydrogen) atoms. The second-order valence-electron chi connectivity index (χ2n) is 6.13. The van der Waals surface area contributed by atoms with E-state index >= 15 is 0 Å². The van der Waals surface area contributed by atoms with Gasteiger partial charge >= 0.3 is 6.18 Å². The number of halogens is 3. The Hall–Kier alpha value is -3.05. The normalized spacial score (nSPS) is 12.4. The number of benzene rings is 3. The van der Waals surface area contributed by atoms with E-state index in [9.17, 15) is 30.0 Å². The van der Waals surface area contributed by atoms with E-state index in [1.54, 1.807) is 30.3 Å². The molecule has 0 atom stereocenters. The van der Waals surface area contributed by atoms with Crippen molar-refractivity contribution in [1.29, 1.82) is 0 Å². The van der Waals surface area contributed by atoms with Crippen molar-refractivity contribution < 1.29 is 30.0 Å². The van der Waals surface area contributed by atoms with Gasteiger partial charge in [-0.25, -0.2) is 16.8 Å². The maximum Gasteiger partial charge on any atom is 0.416 e. The van der Waals surface area contributed by atoms with Crippen molar-refractivity contribution in [2.24, 2.45) is 0 Å². The summed E-state index contributed by atoms with van der Waals surface area (Å²) >= 11 is 0. The fraction of sp³-hybridized carbons (Fsp3) is 0.0526. The minimum Gasteiger partial charge on any atom is -0.280 e. The van der Waals surface area contributed by atoms with Crippen LogP contribution in [0, 0.1) is 0 Å². The second kappa shape index (κ2) is 8.00. The maximum atomic E-state index is 12.8. The van der Waals surface area contributed by atoms with Gasteiger partial charge in [-0.1, -0.05) is 24.3 Å². The number of sulfonamides is 2. The summed E-state index contributed by atoms with van der Waals surface area (Å²) in [5.74, 6) is 0. The number of para-hydroxylation sites is 1. The van der Waals surface area contributed by atoms with E-state index in [-0.39, 0.29) is 10.6 Å². The van der Waals surface area contributed by atoms with Crippen LogP contribution >= 0.6 is 0 Å². The summed E-state index contributed by atoms with van der Waals surface area (Å²) in [6.45, 7) is 0. The minimum atomic E-state index is -4.69. The third-order valence-electron chi connectivity index (χ3n) is 3.91. The van der Waals surface area contributed by atoms with Crippen LogP contribution in [0.25, 0.3) is 0 Å². The molecule has 0 heterocycles. The highest BCUT2D eigenvalue weighted by Crippen LogP contribution is 2.31. The summed E-state index contributed by atoms with van der Waals surface area (Å²) < 4.78 is 92.5. The van der Waals surface area contributed by atoms with Crippen LogP contribution < -0.4 is 9.44 Å². The first kappa shape index (κ1) is 21.7. The molecule has 3 aromatic rings. The van der Waals surface area contributed by atoms with Crippen molar-refractivity contribution in [3.8, 4) is 0 Å². The Morgan fingerprint density at radius 2 is 1.13 bits per heavy atom. The third-order valence-corrected chi connectivity index (χ3v) is 6.69. The first-order valence-corrected chi connectivity index (χ1v) is 11.3. The number of rotatable bonds is 6. The number of alkyl halides is 3. The molecule has 2 N–H and O–H groups in total. The quantitative estimate of drug-likeness (QED) is 0.578. The third kappa shape index (κ3) is 5.10. The van der Waals surface area contributed by atoms with Gasteiger partial charge in [0.1, 0.15) is 0 Å². The molecule has 6 nitrogen and oxygen atoms in total. The molecule has 11 heteroatoms. The van der Waals surface area contributed by atoms with E-state index in [1.165, 1.54) is 24.3 Å². The molecule has 0 aliphatic rings. The van der Waals surface area contributed by atoms with Gasteiger partial charge < -0.3 is 0 Å². The summed E-state index contributed by atoms with van der Waals surface area (Å²) in [5, 5.41) is 0. The largest absolute Gasteiger partial charge is 0.416 e. The zero-order chi connectivity index (χ0) is 22.0. The molecular formula is C19H15F3N2O4S2. The average molecular weight is 456 g/mol. The predicted molar refractivity (Wildman–Crippen MR) is 106 cm³/mol. The number of nitrogens with one attached hydrogen (secondary N) is 2. The molecule has 0 fully saturated rings. The van der Waals surface area contributed by atoms with Gasteiger partial charge in [0.25, 0.3) is 20.0 Å². The van der Waals surface area contributed by atoms with Gasteiger partial charge in [-0.15, -0.1) is 0 Å². The second-order valence-corrected chi connectivity index (χ2v) is 9.49. The van der Waals surface area contributed by atoms with Gasteiger partial charge in [-0.2, -0.15) is 13.2 Å². The van der Waals surface area contributed by atoms with E-state index in [2.05, 4.69) is 9.44 Å². The summed E-state index contributed by atoms with van der Waals surface area (Å²) in [6, 6.07) is 16.2. The van der Waals surface area contributed by atoms with Crippen molar-refractivity contribution in [3.63, 3.8) is 0 Å². The monoisotopic (exact) mass is 456 g/mol. The molecule has 0 unspecified atom stereocenters. The zero-order valence-corrected chi connectivity index (χ0v) is 16.7.